The summed E-state index contributed by atoms with van der Waals surface area (Å²) in [6.45, 7) is 0. The van der Waals surface area contributed by atoms with Crippen LogP contribution in [-0.4, -0.2) is 34.9 Å². The average Bonchev–Trinajstić information content (AvgIpc) is 4.02. The number of hydrogen-bond donors (Lipinski definition) is 0. The summed E-state index contributed by atoms with van der Waals surface area (Å²) in [5.41, 5.74) is 7.18. The van der Waals surface area contributed by atoms with E-state index in [1.54, 1.807) is 59.9 Å². The van der Waals surface area contributed by atoms with E-state index in [1.165, 1.54) is 9.75 Å². The molecule has 0 bridgehead atoms. The predicted molar refractivity (Wildman–Crippen MR) is 207 cm³/mol. The van der Waals surface area contributed by atoms with E-state index in [4.69, 9.17) is 9.97 Å². The Labute approximate surface area is 344 Å². The van der Waals surface area contributed by atoms with Gasteiger partial charge in [0.25, 0.3) is 0 Å². The van der Waals surface area contributed by atoms with Crippen LogP contribution in [0.25, 0.3) is 76.1 Å². The Morgan fingerprint density at radius 1 is 0.426 bits per heavy atom. The maximum absolute atomic E-state index is 4.89. The second-order valence-electron chi connectivity index (χ2n) is 11.0. The molecule has 0 amide bonds. The van der Waals surface area contributed by atoms with Crippen molar-refractivity contribution in [2.45, 2.75) is 0 Å². The van der Waals surface area contributed by atoms with Crippen LogP contribution in [0.3, 0.4) is 0 Å². The van der Waals surface area contributed by atoms with Crippen LogP contribution in [0.2, 0.25) is 0 Å². The zero-order valence-corrected chi connectivity index (χ0v) is 33.0. The molecule has 9 aromatic heterocycles. The number of halogens is 2. The van der Waals surface area contributed by atoms with Gasteiger partial charge in [-0.2, -0.15) is 6.20 Å². The van der Waals surface area contributed by atoms with Crippen molar-refractivity contribution >= 4 is 55.5 Å². The molecule has 0 unspecified atom stereocenters. The van der Waals surface area contributed by atoms with Crippen LogP contribution < -0.4 is 29.8 Å². The van der Waals surface area contributed by atoms with E-state index in [2.05, 4.69) is 59.5 Å². The number of imidazole rings is 1. The monoisotopic (exact) mass is 867 g/mol. The van der Waals surface area contributed by atoms with Crippen LogP contribution in [0.15, 0.2) is 164 Å². The van der Waals surface area contributed by atoms with E-state index in [-0.39, 0.29) is 44.3 Å². The SMILES string of the molecule is [Cl-].[Cl-].[Ru+3].c1ccc(-c2ccccn2)nc1.c1ccc(-c2ccccn2)nc1.c1csc(-c2ccc(-c3nc4c5cccnc5c5[n-]cccc5c4n3)s2)c1. The molecule has 0 spiro atoms. The first-order chi connectivity index (χ1) is 25.3. The van der Waals surface area contributed by atoms with Gasteiger partial charge in [0.05, 0.1) is 38.7 Å². The van der Waals surface area contributed by atoms with E-state index < -0.39 is 0 Å². The molecule has 1 radical (unpaired) electrons. The molecule has 0 fully saturated rings. The fraction of sp³-hybridized carbons (Fsp3) is 0. The van der Waals surface area contributed by atoms with Gasteiger partial charge in [-0.25, -0.2) is 9.97 Å². The standard InChI is InChI=1S/C21H11N4S2.2C10H8N2.2ClH.Ru/c1-4-12-17(22-9-1)18-13(5-2-10-23-18)20-19(12)24-21(25-20)16-8-7-15(27-16)14-6-3-11-26-14;2*1-3-7-11-9(5-1)10-6-2-4-8-12-10;;;/h1-11H;2*1-8H;2*1H;/q-1;;;;;+3/p-2. The van der Waals surface area contributed by atoms with E-state index in [0.717, 1.165) is 66.3 Å². The summed E-state index contributed by atoms with van der Waals surface area (Å²) in [5, 5.41) is 4.08. The first-order valence-electron chi connectivity index (χ1n) is 16.1. The molecular formula is C41H27Cl2N8RuS2. The first-order valence-corrected chi connectivity index (χ1v) is 17.8. The molecule has 13 heteroatoms. The molecule has 9 heterocycles. The summed E-state index contributed by atoms with van der Waals surface area (Å²) < 4.78 is 0. The second-order valence-corrected chi connectivity index (χ2v) is 13.1. The summed E-state index contributed by atoms with van der Waals surface area (Å²) in [7, 11) is 0. The minimum atomic E-state index is 0. The zero-order valence-electron chi connectivity index (χ0n) is 28.1. The smallest absolute Gasteiger partial charge is 1.00 e. The first kappa shape index (κ1) is 39.9. The molecule has 0 N–H and O–H groups in total. The van der Waals surface area contributed by atoms with Gasteiger partial charge in [-0.1, -0.05) is 42.5 Å². The van der Waals surface area contributed by atoms with Crippen LogP contribution in [-0.2, 0) is 19.5 Å². The maximum atomic E-state index is 4.89. The Hall–Kier alpha value is -5.29. The molecule has 8 nitrogen and oxygen atoms in total. The normalized spacial score (nSPS) is 10.1. The minimum absolute atomic E-state index is 0. The van der Waals surface area contributed by atoms with Gasteiger partial charge < -0.3 is 29.8 Å². The van der Waals surface area contributed by atoms with Crippen LogP contribution in [0, 0.1) is 0 Å². The van der Waals surface area contributed by atoms with Gasteiger partial charge in [0, 0.05) is 46.1 Å². The van der Waals surface area contributed by atoms with Crippen LogP contribution in [0.4, 0.5) is 0 Å². The third-order valence-electron chi connectivity index (χ3n) is 7.78. The van der Waals surface area contributed by atoms with E-state index >= 15 is 0 Å². The fourth-order valence-corrected chi connectivity index (χ4v) is 7.24. The second kappa shape index (κ2) is 19.2. The van der Waals surface area contributed by atoms with Gasteiger partial charge in [-0.05, 0) is 89.6 Å². The molecule has 0 aliphatic heterocycles. The molecule has 54 heavy (non-hydrogen) atoms. The van der Waals surface area contributed by atoms with Gasteiger partial charge in [0.2, 0.25) is 0 Å². The van der Waals surface area contributed by atoms with E-state index in [1.807, 2.05) is 97.1 Å². The van der Waals surface area contributed by atoms with Gasteiger partial charge in [-0.15, -0.1) is 28.2 Å². The van der Waals surface area contributed by atoms with Gasteiger partial charge >= 0.3 is 19.5 Å². The minimum Gasteiger partial charge on any atom is -1.00 e. The zero-order chi connectivity index (χ0) is 34.2. The number of rotatable bonds is 4. The Balaban J connectivity index is 0.000000174. The van der Waals surface area contributed by atoms with Crippen molar-refractivity contribution < 1.29 is 44.3 Å². The Kier molecular flexibility index (Phi) is 14.2. The maximum Gasteiger partial charge on any atom is 3.00 e. The number of hydrogen-bond acceptors (Lipinski definition) is 9. The molecule has 10 aromatic rings. The van der Waals surface area contributed by atoms with Crippen molar-refractivity contribution in [3.63, 3.8) is 0 Å². The van der Waals surface area contributed by atoms with Crippen molar-refractivity contribution in [1.82, 2.24) is 39.9 Å². The number of thiophene rings is 2. The Morgan fingerprint density at radius 3 is 1.46 bits per heavy atom. The Morgan fingerprint density at radius 2 is 0.944 bits per heavy atom. The molecule has 0 aliphatic rings. The summed E-state index contributed by atoms with van der Waals surface area (Å²) in [5.74, 6) is 0.763. The number of benzene rings is 1. The van der Waals surface area contributed by atoms with Crippen molar-refractivity contribution in [3.05, 3.63) is 164 Å². The Bertz CT molecular complexity index is 2420. The molecule has 265 valence electrons. The largest absolute Gasteiger partial charge is 3.00 e. The predicted octanol–water partition coefficient (Wildman–Crippen LogP) is 4.04. The topological polar surface area (TPSA) is 104 Å². The van der Waals surface area contributed by atoms with E-state index in [9.17, 15) is 0 Å². The number of fused-ring (bicyclic) bond motifs is 6. The summed E-state index contributed by atoms with van der Waals surface area (Å²) in [6, 6.07) is 39.6. The third kappa shape index (κ3) is 8.90. The van der Waals surface area contributed by atoms with Gasteiger partial charge in [0.15, 0.2) is 5.82 Å². The van der Waals surface area contributed by atoms with E-state index in [0.29, 0.717) is 0 Å². The van der Waals surface area contributed by atoms with Gasteiger partial charge in [-0.3, -0.25) is 24.9 Å². The fourth-order valence-electron chi connectivity index (χ4n) is 5.47. The van der Waals surface area contributed by atoms with Crippen molar-refractivity contribution in [1.29, 1.82) is 0 Å². The number of pyridine rings is 6. The van der Waals surface area contributed by atoms with Gasteiger partial charge in [0.1, 0.15) is 5.52 Å². The summed E-state index contributed by atoms with van der Waals surface area (Å²) in [4.78, 5) is 39.2. The molecule has 0 atom stereocenters. The summed E-state index contributed by atoms with van der Waals surface area (Å²) in [6.07, 6.45) is 10.7. The van der Waals surface area contributed by atoms with Crippen LogP contribution >= 0.6 is 22.7 Å². The van der Waals surface area contributed by atoms with Crippen molar-refractivity contribution in [2.24, 2.45) is 0 Å². The van der Waals surface area contributed by atoms with Crippen molar-refractivity contribution in [2.75, 3.05) is 0 Å². The summed E-state index contributed by atoms with van der Waals surface area (Å²) >= 11 is 3.47. The van der Waals surface area contributed by atoms with Crippen LogP contribution in [0.5, 0.6) is 0 Å². The average molecular weight is 868 g/mol. The molecular weight excluding hydrogens is 841 g/mol. The quantitative estimate of drug-likeness (QED) is 0.193. The molecule has 1 aromatic carbocycles. The molecule has 0 aliphatic carbocycles. The van der Waals surface area contributed by atoms with Crippen LogP contribution in [0.1, 0.15) is 0 Å². The molecule has 0 saturated carbocycles. The third-order valence-corrected chi connectivity index (χ3v) is 9.93. The molecule has 10 rings (SSSR count). The number of aromatic nitrogens is 8. The molecule has 0 saturated heterocycles. The van der Waals surface area contributed by atoms with Crippen molar-refractivity contribution in [3.8, 4) is 43.2 Å². The number of nitrogens with zero attached hydrogens (tertiary/aromatic N) is 8.